The van der Waals surface area contributed by atoms with Gasteiger partial charge in [-0.1, -0.05) is 30.3 Å². The molecule has 0 N–H and O–H groups in total. The molecule has 0 saturated carbocycles. The average Bonchev–Trinajstić information content (AvgIpc) is 3.20. The maximum atomic E-state index is 13.5. The van der Waals surface area contributed by atoms with Gasteiger partial charge in [-0.3, -0.25) is 9.59 Å². The molecule has 1 atom stereocenters. The van der Waals surface area contributed by atoms with Crippen molar-refractivity contribution in [1.29, 1.82) is 5.26 Å². The van der Waals surface area contributed by atoms with E-state index < -0.39 is 4.87 Å². The molecule has 0 aliphatic carbocycles. The summed E-state index contributed by atoms with van der Waals surface area (Å²) in [6, 6.07) is 17.1. The van der Waals surface area contributed by atoms with Crippen molar-refractivity contribution in [1.82, 2.24) is 4.90 Å². The molecule has 0 bridgehead atoms. The van der Waals surface area contributed by atoms with Crippen LogP contribution in [0.25, 0.3) is 0 Å². The van der Waals surface area contributed by atoms with Crippen molar-refractivity contribution in [3.63, 3.8) is 0 Å². The lowest BCUT2D eigenvalue weighted by Crippen LogP contribution is -2.49. The lowest BCUT2D eigenvalue weighted by atomic mass is 10.1. The molecule has 1 spiro atoms. The molecule has 0 aromatic heterocycles. The summed E-state index contributed by atoms with van der Waals surface area (Å²) in [6.07, 6.45) is 0. The average molecular weight is 363 g/mol. The van der Waals surface area contributed by atoms with Gasteiger partial charge in [0.05, 0.1) is 23.9 Å². The van der Waals surface area contributed by atoms with Crippen LogP contribution in [0.2, 0.25) is 0 Å². The van der Waals surface area contributed by atoms with E-state index in [0.717, 1.165) is 22.6 Å². The van der Waals surface area contributed by atoms with E-state index in [9.17, 15) is 9.59 Å². The van der Waals surface area contributed by atoms with E-state index in [1.807, 2.05) is 36.4 Å². The van der Waals surface area contributed by atoms with Crippen LogP contribution >= 0.6 is 11.8 Å². The second kappa shape index (κ2) is 6.19. The number of benzene rings is 2. The van der Waals surface area contributed by atoms with Crippen LogP contribution in [0.4, 0.5) is 5.69 Å². The van der Waals surface area contributed by atoms with Crippen molar-refractivity contribution in [3.8, 4) is 6.07 Å². The molecule has 2 aliphatic heterocycles. The first-order valence-electron chi connectivity index (χ1n) is 8.40. The number of rotatable bonds is 2. The summed E-state index contributed by atoms with van der Waals surface area (Å²) in [6.45, 7) is 2.46. The first kappa shape index (κ1) is 16.7. The van der Waals surface area contributed by atoms with Crippen LogP contribution in [0.3, 0.4) is 0 Å². The predicted molar refractivity (Wildman–Crippen MR) is 100 cm³/mol. The molecule has 1 fully saturated rings. The van der Waals surface area contributed by atoms with Crippen LogP contribution < -0.4 is 4.90 Å². The highest BCUT2D eigenvalue weighted by Gasteiger charge is 2.58. The first-order chi connectivity index (χ1) is 12.6. The normalized spacial score (nSPS) is 21.2. The Kier molecular flexibility index (Phi) is 3.97. The minimum absolute atomic E-state index is 0.0845. The molecule has 4 rings (SSSR count). The molecule has 2 aromatic rings. The largest absolute Gasteiger partial charge is 0.315 e. The van der Waals surface area contributed by atoms with Crippen LogP contribution in [0.1, 0.15) is 23.6 Å². The Hall–Kier alpha value is -2.78. The van der Waals surface area contributed by atoms with Crippen LogP contribution in [-0.2, 0) is 21.0 Å². The lowest BCUT2D eigenvalue weighted by molar-refractivity contribution is -0.138. The fourth-order valence-electron chi connectivity index (χ4n) is 3.78. The Balaban J connectivity index is 1.79. The zero-order chi connectivity index (χ0) is 18.3. The van der Waals surface area contributed by atoms with Gasteiger partial charge in [0, 0.05) is 24.8 Å². The number of nitriles is 1. The number of hydrogen-bond donors (Lipinski definition) is 0. The smallest absolute Gasteiger partial charge is 0.268 e. The summed E-state index contributed by atoms with van der Waals surface area (Å²) in [7, 11) is 0. The zero-order valence-corrected chi connectivity index (χ0v) is 15.1. The quantitative estimate of drug-likeness (QED) is 0.823. The number of anilines is 1. The number of carbonyl (C=O) groups is 2. The molecule has 5 nitrogen and oxygen atoms in total. The van der Waals surface area contributed by atoms with Crippen LogP contribution in [0.15, 0.2) is 48.5 Å². The number of fused-ring (bicyclic) bond motifs is 2. The maximum Gasteiger partial charge on any atom is 0.268 e. The van der Waals surface area contributed by atoms with Gasteiger partial charge in [-0.15, -0.1) is 11.8 Å². The Bertz CT molecular complexity index is 952. The summed E-state index contributed by atoms with van der Waals surface area (Å²) >= 11 is 1.52. The lowest BCUT2D eigenvalue weighted by Gasteiger charge is -2.32. The molecular formula is C20H17N3O2S. The van der Waals surface area contributed by atoms with E-state index in [-0.39, 0.29) is 11.8 Å². The van der Waals surface area contributed by atoms with Gasteiger partial charge in [-0.05, 0) is 23.8 Å². The molecule has 2 amide bonds. The molecule has 2 heterocycles. The number of carbonyl (C=O) groups excluding carboxylic acids is 2. The van der Waals surface area contributed by atoms with Gasteiger partial charge in [0.1, 0.15) is 0 Å². The molecule has 2 aliphatic rings. The number of hydrogen-bond acceptors (Lipinski definition) is 4. The highest BCUT2D eigenvalue weighted by atomic mass is 32.2. The third kappa shape index (κ3) is 2.31. The summed E-state index contributed by atoms with van der Waals surface area (Å²) in [5, 5.41) is 9.12. The Morgan fingerprint density at radius 1 is 1.27 bits per heavy atom. The van der Waals surface area contributed by atoms with Gasteiger partial charge < -0.3 is 9.80 Å². The van der Waals surface area contributed by atoms with Crippen molar-refractivity contribution < 1.29 is 9.59 Å². The highest BCUT2D eigenvalue weighted by Crippen LogP contribution is 2.54. The van der Waals surface area contributed by atoms with Crippen molar-refractivity contribution in [2.75, 3.05) is 17.2 Å². The third-order valence-electron chi connectivity index (χ3n) is 4.88. The van der Waals surface area contributed by atoms with Gasteiger partial charge in [0.2, 0.25) is 5.91 Å². The Morgan fingerprint density at radius 2 is 2.08 bits per heavy atom. The summed E-state index contributed by atoms with van der Waals surface area (Å²) in [4.78, 5) is 28.2. The van der Waals surface area contributed by atoms with E-state index in [1.54, 1.807) is 21.9 Å². The van der Waals surface area contributed by atoms with Gasteiger partial charge in [-0.2, -0.15) is 5.26 Å². The van der Waals surface area contributed by atoms with Crippen molar-refractivity contribution in [2.24, 2.45) is 0 Å². The molecule has 26 heavy (non-hydrogen) atoms. The molecular weight excluding hydrogens is 346 g/mol. The number of para-hydroxylation sites is 1. The van der Waals surface area contributed by atoms with E-state index in [2.05, 4.69) is 6.07 Å². The second-order valence-corrected chi connectivity index (χ2v) is 7.67. The minimum Gasteiger partial charge on any atom is -0.315 e. The topological polar surface area (TPSA) is 64.4 Å². The van der Waals surface area contributed by atoms with Crippen LogP contribution in [0, 0.1) is 11.3 Å². The Labute approximate surface area is 156 Å². The fourth-order valence-corrected chi connectivity index (χ4v) is 5.29. The van der Waals surface area contributed by atoms with Crippen LogP contribution in [-0.4, -0.2) is 29.0 Å². The van der Waals surface area contributed by atoms with Gasteiger partial charge in [-0.25, -0.2) is 0 Å². The monoisotopic (exact) mass is 363 g/mol. The summed E-state index contributed by atoms with van der Waals surface area (Å²) < 4.78 is 0. The van der Waals surface area contributed by atoms with Crippen molar-refractivity contribution in [2.45, 2.75) is 18.3 Å². The maximum absolute atomic E-state index is 13.5. The second-order valence-electron chi connectivity index (χ2n) is 6.38. The van der Waals surface area contributed by atoms with Gasteiger partial charge in [0.25, 0.3) is 5.91 Å². The van der Waals surface area contributed by atoms with E-state index in [1.165, 1.54) is 18.7 Å². The Morgan fingerprint density at radius 3 is 2.85 bits per heavy atom. The molecule has 1 saturated heterocycles. The third-order valence-corrected chi connectivity index (χ3v) is 6.30. The van der Waals surface area contributed by atoms with Crippen molar-refractivity contribution >= 4 is 29.3 Å². The molecule has 6 heteroatoms. The first-order valence-corrected chi connectivity index (χ1v) is 9.39. The molecule has 130 valence electrons. The highest BCUT2D eigenvalue weighted by molar-refractivity contribution is 8.01. The zero-order valence-electron chi connectivity index (χ0n) is 14.3. The number of nitrogens with zero attached hydrogens (tertiary/aromatic N) is 3. The van der Waals surface area contributed by atoms with Crippen LogP contribution in [0.5, 0.6) is 0 Å². The SMILES string of the molecule is CC(=O)N1CCS[C@]12C(=O)N(Cc1cccc(C#N)c1)c1ccccc12. The minimum atomic E-state index is -0.963. The molecule has 2 aromatic carbocycles. The molecule has 0 unspecified atom stereocenters. The summed E-state index contributed by atoms with van der Waals surface area (Å²) in [5.41, 5.74) is 3.17. The van der Waals surface area contributed by atoms with Gasteiger partial charge in [0.15, 0.2) is 4.87 Å². The summed E-state index contributed by atoms with van der Waals surface area (Å²) in [5.74, 6) is 0.558. The number of amides is 2. The van der Waals surface area contributed by atoms with E-state index >= 15 is 0 Å². The van der Waals surface area contributed by atoms with E-state index in [0.29, 0.717) is 18.7 Å². The number of thioether (sulfide) groups is 1. The standard InChI is InChI=1S/C20H17N3O2S/c1-14(24)23-9-10-26-20(23)17-7-2-3-8-18(17)22(19(20)25)13-16-6-4-5-15(11-16)12-21/h2-8,11H,9-10,13H2,1H3/t20-/m1/s1. The van der Waals surface area contributed by atoms with E-state index in [4.69, 9.17) is 5.26 Å². The van der Waals surface area contributed by atoms with Gasteiger partial charge >= 0.3 is 0 Å². The fraction of sp³-hybridized carbons (Fsp3) is 0.250. The van der Waals surface area contributed by atoms with Crippen molar-refractivity contribution in [3.05, 3.63) is 65.2 Å². The predicted octanol–water partition coefficient (Wildman–Crippen LogP) is 2.85. The molecule has 0 radical (unpaired) electrons.